The van der Waals surface area contributed by atoms with E-state index in [1.807, 2.05) is 0 Å². The molecular weight excluding hydrogens is 328 g/mol. The maximum atomic E-state index is 11.2. The Labute approximate surface area is 143 Å². The summed E-state index contributed by atoms with van der Waals surface area (Å²) >= 11 is 0. The highest BCUT2D eigenvalue weighted by Gasteiger charge is 2.36. The quantitative estimate of drug-likeness (QED) is 0.333. The molecule has 0 atom stereocenters. The molecule has 0 heterocycles. The van der Waals surface area contributed by atoms with Crippen molar-refractivity contribution in [3.63, 3.8) is 0 Å². The zero-order valence-electron chi connectivity index (χ0n) is 14.9. The molecule has 1 rings (SSSR count). The van der Waals surface area contributed by atoms with Crippen molar-refractivity contribution in [2.24, 2.45) is 5.73 Å². The van der Waals surface area contributed by atoms with E-state index in [4.69, 9.17) is 14.9 Å². The fourth-order valence-corrected chi connectivity index (χ4v) is 2.81. The maximum absolute atomic E-state index is 11.2. The molecule has 8 heteroatoms. The molecule has 24 heavy (non-hydrogen) atoms. The zero-order valence-corrected chi connectivity index (χ0v) is 15.9. The third-order valence-electron chi connectivity index (χ3n) is 4.26. The monoisotopic (exact) mass is 354 g/mol. The number of hydrogen-bond acceptors (Lipinski definition) is 5. The summed E-state index contributed by atoms with van der Waals surface area (Å²) in [6, 6.07) is 3.84. The molecule has 0 radical (unpaired) electrons. The number of amides is 1. The molecule has 0 saturated heterocycles. The van der Waals surface area contributed by atoms with E-state index in [0.717, 1.165) is 0 Å². The molecule has 1 aromatic rings. The second kappa shape index (κ2) is 7.76. The Hall–Kier alpha value is -1.93. The molecule has 0 aromatic heterocycles. The molecule has 0 saturated carbocycles. The molecule has 0 spiro atoms. The smallest absolute Gasteiger partial charge is 0.310 e. The van der Waals surface area contributed by atoms with Crippen molar-refractivity contribution < 1.29 is 18.9 Å². The number of nitro groups is 1. The number of carbonyl (C=O) groups is 1. The summed E-state index contributed by atoms with van der Waals surface area (Å²) in [5.41, 5.74) is 5.18. The Kier molecular flexibility index (Phi) is 6.50. The van der Waals surface area contributed by atoms with Crippen LogP contribution in [-0.4, -0.2) is 32.4 Å². The van der Waals surface area contributed by atoms with Crippen LogP contribution in [0.1, 0.15) is 37.6 Å². The number of rotatable bonds is 8. The minimum Gasteiger partial charge on any atom is -0.487 e. The first-order valence-electron chi connectivity index (χ1n) is 7.81. The van der Waals surface area contributed by atoms with Gasteiger partial charge in [-0.25, -0.2) is 0 Å². The van der Waals surface area contributed by atoms with E-state index >= 15 is 0 Å². The molecule has 0 aliphatic carbocycles. The molecule has 0 aliphatic heterocycles. The minimum absolute atomic E-state index is 0.0450. The zero-order chi connectivity index (χ0) is 18.5. The fourth-order valence-electron chi connectivity index (χ4n) is 1.72. The second-order valence-electron chi connectivity index (χ2n) is 7.11. The summed E-state index contributed by atoms with van der Waals surface area (Å²) in [4.78, 5) is 21.7. The number of carbonyl (C=O) groups excluding carboxylic acids is 1. The number of nitrogens with zero attached hydrogens (tertiary/aromatic N) is 1. The number of nitro benzene ring substituents is 1. The maximum Gasteiger partial charge on any atom is 0.310 e. The number of ether oxygens (including phenoxy) is 1. The Balaban J connectivity index is 2.63. The molecule has 0 fully saturated rings. The predicted octanol–water partition coefficient (Wildman–Crippen LogP) is 3.48. The molecule has 1 amide bonds. The molecule has 7 nitrogen and oxygen atoms in total. The number of nitrogens with two attached hydrogens (primary N) is 1. The lowest BCUT2D eigenvalue weighted by atomic mass is 10.2. The number of hydrogen-bond donors (Lipinski definition) is 1. The van der Waals surface area contributed by atoms with E-state index in [2.05, 4.69) is 33.9 Å². The van der Waals surface area contributed by atoms with E-state index < -0.39 is 19.1 Å². The van der Waals surface area contributed by atoms with Crippen molar-refractivity contribution in [1.29, 1.82) is 0 Å². The summed E-state index contributed by atoms with van der Waals surface area (Å²) in [5, 5.41) is 11.2. The largest absolute Gasteiger partial charge is 0.487 e. The molecule has 1 aromatic carbocycles. The third kappa shape index (κ3) is 5.31. The summed E-state index contributed by atoms with van der Waals surface area (Å²) in [7, 11) is -1.81. The summed E-state index contributed by atoms with van der Waals surface area (Å²) in [6.07, 6.45) is 0.602. The highest BCUT2D eigenvalue weighted by molar-refractivity contribution is 6.74. The van der Waals surface area contributed by atoms with Crippen LogP contribution in [0.2, 0.25) is 18.1 Å². The second-order valence-corrected chi connectivity index (χ2v) is 11.9. The van der Waals surface area contributed by atoms with Gasteiger partial charge in [0, 0.05) is 30.7 Å². The van der Waals surface area contributed by atoms with Gasteiger partial charge in [-0.2, -0.15) is 0 Å². The number of benzene rings is 1. The Morgan fingerprint density at radius 1 is 1.29 bits per heavy atom. The lowest BCUT2D eigenvalue weighted by molar-refractivity contribution is -0.385. The molecule has 0 bridgehead atoms. The van der Waals surface area contributed by atoms with Crippen LogP contribution in [0.3, 0.4) is 0 Å². The van der Waals surface area contributed by atoms with Crippen molar-refractivity contribution in [2.45, 2.75) is 45.3 Å². The number of primary amides is 1. The topological polar surface area (TPSA) is 105 Å². The Morgan fingerprint density at radius 3 is 2.42 bits per heavy atom. The fraction of sp³-hybridized carbons (Fsp3) is 0.562. The third-order valence-corrected chi connectivity index (χ3v) is 8.79. The standard InChI is InChI=1S/C16H26N2O5Si/c1-16(2,3)24(4,5)23-10-6-9-22-14-11-12(15(17)19)7-8-13(14)18(20)21/h7-8,11H,6,9-10H2,1-5H3,(H2,17,19). The van der Waals surface area contributed by atoms with Gasteiger partial charge in [-0.15, -0.1) is 0 Å². The van der Waals surface area contributed by atoms with E-state index in [1.54, 1.807) is 0 Å². The lowest BCUT2D eigenvalue weighted by Crippen LogP contribution is -2.41. The van der Waals surface area contributed by atoms with Crippen LogP contribution in [0.4, 0.5) is 5.69 Å². The van der Waals surface area contributed by atoms with Crippen molar-refractivity contribution in [1.82, 2.24) is 0 Å². The Morgan fingerprint density at radius 2 is 1.92 bits per heavy atom. The first-order chi connectivity index (χ1) is 11.0. The first-order valence-corrected chi connectivity index (χ1v) is 10.7. The van der Waals surface area contributed by atoms with Crippen molar-refractivity contribution in [3.8, 4) is 5.75 Å². The van der Waals surface area contributed by atoms with E-state index in [-0.39, 0.29) is 28.6 Å². The molecular formula is C16H26N2O5Si. The van der Waals surface area contributed by atoms with Crippen LogP contribution in [0.15, 0.2) is 18.2 Å². The summed E-state index contributed by atoms with van der Waals surface area (Å²) < 4.78 is 11.5. The van der Waals surface area contributed by atoms with Gasteiger partial charge >= 0.3 is 5.69 Å². The minimum atomic E-state index is -1.81. The van der Waals surface area contributed by atoms with Crippen molar-refractivity contribution in [3.05, 3.63) is 33.9 Å². The molecule has 0 aliphatic rings. The van der Waals surface area contributed by atoms with Gasteiger partial charge in [0.05, 0.1) is 11.5 Å². The SMILES string of the molecule is CC(C)(C)[Si](C)(C)OCCCOc1cc(C(N)=O)ccc1[N+](=O)[O-]. The van der Waals surface area contributed by atoms with Crippen LogP contribution in [0, 0.1) is 10.1 Å². The predicted molar refractivity (Wildman–Crippen MR) is 94.9 cm³/mol. The van der Waals surface area contributed by atoms with Crippen LogP contribution in [-0.2, 0) is 4.43 Å². The molecule has 2 N–H and O–H groups in total. The van der Waals surface area contributed by atoms with Gasteiger partial charge in [0.2, 0.25) is 5.91 Å². The van der Waals surface area contributed by atoms with E-state index in [0.29, 0.717) is 13.0 Å². The van der Waals surface area contributed by atoms with Crippen LogP contribution >= 0.6 is 0 Å². The molecule has 0 unspecified atom stereocenters. The van der Waals surface area contributed by atoms with E-state index in [9.17, 15) is 14.9 Å². The van der Waals surface area contributed by atoms with Crippen LogP contribution in [0.25, 0.3) is 0 Å². The van der Waals surface area contributed by atoms with Gasteiger partial charge in [-0.05, 0) is 24.2 Å². The summed E-state index contributed by atoms with van der Waals surface area (Å²) in [6.45, 7) is 11.6. The highest BCUT2D eigenvalue weighted by atomic mass is 28.4. The van der Waals surface area contributed by atoms with Crippen molar-refractivity contribution in [2.75, 3.05) is 13.2 Å². The van der Waals surface area contributed by atoms with E-state index in [1.165, 1.54) is 18.2 Å². The van der Waals surface area contributed by atoms with Gasteiger partial charge in [0.25, 0.3) is 0 Å². The first kappa shape index (κ1) is 20.1. The molecule has 134 valence electrons. The lowest BCUT2D eigenvalue weighted by Gasteiger charge is -2.36. The highest BCUT2D eigenvalue weighted by Crippen LogP contribution is 2.36. The van der Waals surface area contributed by atoms with Gasteiger partial charge < -0.3 is 14.9 Å². The van der Waals surface area contributed by atoms with Crippen LogP contribution in [0.5, 0.6) is 5.75 Å². The van der Waals surface area contributed by atoms with Crippen molar-refractivity contribution >= 4 is 19.9 Å². The average Bonchev–Trinajstić information content (AvgIpc) is 2.45. The van der Waals surface area contributed by atoms with Gasteiger partial charge in [0.1, 0.15) is 0 Å². The van der Waals surface area contributed by atoms with Gasteiger partial charge in [-0.1, -0.05) is 20.8 Å². The van der Waals surface area contributed by atoms with Crippen LogP contribution < -0.4 is 10.5 Å². The average molecular weight is 354 g/mol. The summed E-state index contributed by atoms with van der Waals surface area (Å²) in [5.74, 6) is -0.611. The van der Waals surface area contributed by atoms with Gasteiger partial charge in [0.15, 0.2) is 14.1 Å². The van der Waals surface area contributed by atoms with Gasteiger partial charge in [-0.3, -0.25) is 14.9 Å². The normalized spacial score (nSPS) is 12.0. The Bertz CT molecular complexity index is 611.